The summed E-state index contributed by atoms with van der Waals surface area (Å²) >= 11 is 0. The number of hydrogen-bond acceptors (Lipinski definition) is 4. The second-order valence-electron chi connectivity index (χ2n) is 6.62. The summed E-state index contributed by atoms with van der Waals surface area (Å²) in [7, 11) is 3.22. The average Bonchev–Trinajstić information content (AvgIpc) is 2.67. The molecule has 0 saturated carbocycles. The molecule has 2 atom stereocenters. The lowest BCUT2D eigenvalue weighted by atomic mass is 10.1. The van der Waals surface area contributed by atoms with Crippen molar-refractivity contribution in [3.8, 4) is 17.2 Å². The van der Waals surface area contributed by atoms with Gasteiger partial charge in [-0.05, 0) is 62.6 Å². The molecule has 2 rings (SSSR count). The third-order valence-electron chi connectivity index (χ3n) is 4.54. The molecule has 1 amide bonds. The van der Waals surface area contributed by atoms with E-state index in [-0.39, 0.29) is 11.9 Å². The molecular weight excluding hydrogens is 342 g/mol. The van der Waals surface area contributed by atoms with Gasteiger partial charge in [-0.2, -0.15) is 0 Å². The number of rotatable bonds is 8. The standard InChI is InChI=1S/C22H29NO4/c1-7-19(27-21-12-14(2)8-9-15(21)3)22(24)23-16(4)18-13-17(25-5)10-11-20(18)26-6/h8-13,16,19H,7H2,1-6H3,(H,23,24)/t16-,19-/m1/s1. The number of carbonyl (C=O) groups is 1. The van der Waals surface area contributed by atoms with E-state index in [0.29, 0.717) is 17.9 Å². The van der Waals surface area contributed by atoms with Crippen LogP contribution in [0.2, 0.25) is 0 Å². The van der Waals surface area contributed by atoms with E-state index < -0.39 is 6.10 Å². The number of methoxy groups -OCH3 is 2. The summed E-state index contributed by atoms with van der Waals surface area (Å²) in [4.78, 5) is 12.8. The number of aryl methyl sites for hydroxylation is 2. The largest absolute Gasteiger partial charge is 0.497 e. The summed E-state index contributed by atoms with van der Waals surface area (Å²) in [5.41, 5.74) is 2.96. The molecule has 0 spiro atoms. The molecule has 0 aromatic heterocycles. The fraction of sp³-hybridized carbons (Fsp3) is 0.409. The van der Waals surface area contributed by atoms with Gasteiger partial charge in [-0.1, -0.05) is 19.1 Å². The van der Waals surface area contributed by atoms with Gasteiger partial charge in [0.15, 0.2) is 6.10 Å². The van der Waals surface area contributed by atoms with Crippen molar-refractivity contribution in [3.05, 3.63) is 53.1 Å². The van der Waals surface area contributed by atoms with E-state index in [2.05, 4.69) is 5.32 Å². The zero-order valence-electron chi connectivity index (χ0n) is 17.0. The van der Waals surface area contributed by atoms with Gasteiger partial charge in [-0.15, -0.1) is 0 Å². The Bertz CT molecular complexity index is 788. The highest BCUT2D eigenvalue weighted by molar-refractivity contribution is 5.81. The van der Waals surface area contributed by atoms with Crippen LogP contribution in [0.1, 0.15) is 43.0 Å². The fourth-order valence-corrected chi connectivity index (χ4v) is 2.87. The molecule has 27 heavy (non-hydrogen) atoms. The topological polar surface area (TPSA) is 56.8 Å². The second kappa shape index (κ2) is 9.31. The normalized spacial score (nSPS) is 12.8. The first-order chi connectivity index (χ1) is 12.9. The molecule has 5 nitrogen and oxygen atoms in total. The highest BCUT2D eigenvalue weighted by Crippen LogP contribution is 2.29. The summed E-state index contributed by atoms with van der Waals surface area (Å²) in [6.45, 7) is 7.83. The number of nitrogens with one attached hydrogen (secondary N) is 1. The molecule has 0 aliphatic carbocycles. The van der Waals surface area contributed by atoms with Crippen molar-refractivity contribution in [1.29, 1.82) is 0 Å². The maximum Gasteiger partial charge on any atom is 0.261 e. The van der Waals surface area contributed by atoms with Crippen LogP contribution in [0.3, 0.4) is 0 Å². The number of ether oxygens (including phenoxy) is 3. The zero-order valence-corrected chi connectivity index (χ0v) is 17.0. The third-order valence-corrected chi connectivity index (χ3v) is 4.54. The van der Waals surface area contributed by atoms with E-state index >= 15 is 0 Å². The van der Waals surface area contributed by atoms with Gasteiger partial charge in [-0.3, -0.25) is 4.79 Å². The molecule has 1 N–H and O–H groups in total. The predicted molar refractivity (Wildman–Crippen MR) is 107 cm³/mol. The van der Waals surface area contributed by atoms with Gasteiger partial charge in [0, 0.05) is 5.56 Å². The van der Waals surface area contributed by atoms with E-state index in [4.69, 9.17) is 14.2 Å². The van der Waals surface area contributed by atoms with E-state index in [0.717, 1.165) is 22.4 Å². The van der Waals surface area contributed by atoms with Crippen LogP contribution in [0.25, 0.3) is 0 Å². The van der Waals surface area contributed by atoms with E-state index in [9.17, 15) is 4.79 Å². The van der Waals surface area contributed by atoms with Gasteiger partial charge < -0.3 is 19.5 Å². The van der Waals surface area contributed by atoms with E-state index in [1.165, 1.54) is 0 Å². The lowest BCUT2D eigenvalue weighted by molar-refractivity contribution is -0.128. The smallest absolute Gasteiger partial charge is 0.261 e. The quantitative estimate of drug-likeness (QED) is 0.749. The van der Waals surface area contributed by atoms with Crippen molar-refractivity contribution < 1.29 is 19.0 Å². The summed E-state index contributed by atoms with van der Waals surface area (Å²) < 4.78 is 16.7. The Balaban J connectivity index is 2.15. The van der Waals surface area contributed by atoms with Crippen LogP contribution in [0.5, 0.6) is 17.2 Å². The van der Waals surface area contributed by atoms with Crippen molar-refractivity contribution in [2.24, 2.45) is 0 Å². The molecule has 0 unspecified atom stereocenters. The molecule has 0 heterocycles. The van der Waals surface area contributed by atoms with Crippen molar-refractivity contribution >= 4 is 5.91 Å². The first-order valence-electron chi connectivity index (χ1n) is 9.15. The van der Waals surface area contributed by atoms with Crippen molar-refractivity contribution in [1.82, 2.24) is 5.32 Å². The molecule has 0 saturated heterocycles. The number of amides is 1. The lowest BCUT2D eigenvalue weighted by Gasteiger charge is -2.23. The summed E-state index contributed by atoms with van der Waals surface area (Å²) in [5, 5.41) is 3.03. The summed E-state index contributed by atoms with van der Waals surface area (Å²) in [6, 6.07) is 11.3. The van der Waals surface area contributed by atoms with Gasteiger partial charge >= 0.3 is 0 Å². The van der Waals surface area contributed by atoms with Crippen LogP contribution in [0, 0.1) is 13.8 Å². The molecule has 0 aliphatic rings. The molecule has 0 fully saturated rings. The van der Waals surface area contributed by atoms with Crippen LogP contribution < -0.4 is 19.5 Å². The Labute approximate surface area is 161 Å². The van der Waals surface area contributed by atoms with Crippen LogP contribution in [0.15, 0.2) is 36.4 Å². The molecule has 146 valence electrons. The van der Waals surface area contributed by atoms with Gasteiger partial charge in [0.25, 0.3) is 5.91 Å². The van der Waals surface area contributed by atoms with Crippen molar-refractivity contribution in [2.75, 3.05) is 14.2 Å². The van der Waals surface area contributed by atoms with Crippen LogP contribution in [0.4, 0.5) is 0 Å². The monoisotopic (exact) mass is 371 g/mol. The lowest BCUT2D eigenvalue weighted by Crippen LogP contribution is -2.39. The first-order valence-corrected chi connectivity index (χ1v) is 9.15. The van der Waals surface area contributed by atoms with E-state index in [1.807, 2.05) is 64.1 Å². The Morgan fingerprint density at radius 1 is 1.04 bits per heavy atom. The SMILES string of the molecule is CC[C@@H](Oc1cc(C)ccc1C)C(=O)N[C@H](C)c1cc(OC)ccc1OC. The Morgan fingerprint density at radius 2 is 1.78 bits per heavy atom. The molecule has 2 aromatic rings. The third kappa shape index (κ3) is 5.16. The first kappa shape index (κ1) is 20.6. The van der Waals surface area contributed by atoms with E-state index in [1.54, 1.807) is 14.2 Å². The van der Waals surface area contributed by atoms with Gasteiger partial charge in [0.2, 0.25) is 0 Å². The fourth-order valence-electron chi connectivity index (χ4n) is 2.87. The zero-order chi connectivity index (χ0) is 20.0. The van der Waals surface area contributed by atoms with Crippen LogP contribution in [-0.4, -0.2) is 26.2 Å². The van der Waals surface area contributed by atoms with Crippen LogP contribution >= 0.6 is 0 Å². The minimum atomic E-state index is -0.565. The molecule has 0 radical (unpaired) electrons. The summed E-state index contributed by atoms with van der Waals surface area (Å²) in [5.74, 6) is 2.00. The van der Waals surface area contributed by atoms with Gasteiger partial charge in [0.1, 0.15) is 17.2 Å². The Morgan fingerprint density at radius 3 is 2.41 bits per heavy atom. The Hall–Kier alpha value is -2.69. The number of benzene rings is 2. The molecule has 0 bridgehead atoms. The number of hydrogen-bond donors (Lipinski definition) is 1. The van der Waals surface area contributed by atoms with Gasteiger partial charge in [-0.25, -0.2) is 0 Å². The second-order valence-corrected chi connectivity index (χ2v) is 6.62. The molecule has 5 heteroatoms. The Kier molecular flexibility index (Phi) is 7.11. The van der Waals surface area contributed by atoms with Crippen LogP contribution in [-0.2, 0) is 4.79 Å². The van der Waals surface area contributed by atoms with Crippen molar-refractivity contribution in [3.63, 3.8) is 0 Å². The minimum Gasteiger partial charge on any atom is -0.497 e. The molecule has 0 aliphatic heterocycles. The maximum atomic E-state index is 12.8. The maximum absolute atomic E-state index is 12.8. The summed E-state index contributed by atoms with van der Waals surface area (Å²) in [6.07, 6.45) is 0.00539. The highest BCUT2D eigenvalue weighted by atomic mass is 16.5. The average molecular weight is 371 g/mol. The minimum absolute atomic E-state index is 0.157. The predicted octanol–water partition coefficient (Wildman–Crippen LogP) is 4.36. The number of carbonyl (C=O) groups excluding carboxylic acids is 1. The van der Waals surface area contributed by atoms with Crippen molar-refractivity contribution in [2.45, 2.75) is 46.3 Å². The van der Waals surface area contributed by atoms with Gasteiger partial charge in [0.05, 0.1) is 20.3 Å². The molecular formula is C22H29NO4. The highest BCUT2D eigenvalue weighted by Gasteiger charge is 2.23. The molecule has 2 aromatic carbocycles.